The van der Waals surface area contributed by atoms with E-state index in [1.165, 1.54) is 4.31 Å². The van der Waals surface area contributed by atoms with Crippen LogP contribution in [0.15, 0.2) is 9.42 Å². The van der Waals surface area contributed by atoms with Gasteiger partial charge in [0.15, 0.2) is 5.76 Å². The van der Waals surface area contributed by atoms with Crippen molar-refractivity contribution in [1.29, 1.82) is 0 Å². The highest BCUT2D eigenvalue weighted by molar-refractivity contribution is 7.89. The molecular weight excluding hydrogens is 296 g/mol. The van der Waals surface area contributed by atoms with Crippen molar-refractivity contribution in [1.82, 2.24) is 14.4 Å². The van der Waals surface area contributed by atoms with Crippen LogP contribution in [0.1, 0.15) is 18.4 Å². The maximum atomic E-state index is 12.6. The van der Waals surface area contributed by atoms with E-state index in [2.05, 4.69) is 5.16 Å². The van der Waals surface area contributed by atoms with Gasteiger partial charge < -0.3 is 15.2 Å². The van der Waals surface area contributed by atoms with Crippen LogP contribution < -0.4 is 5.73 Å². The second-order valence-corrected chi connectivity index (χ2v) is 7.05. The quantitative estimate of drug-likeness (QED) is 0.803. The fraction of sp³-hybridized carbons (Fsp3) is 0.667. The minimum Gasteiger partial charge on any atom is -0.360 e. The molecule has 118 valence electrons. The van der Waals surface area contributed by atoms with Crippen molar-refractivity contribution in [2.45, 2.75) is 31.7 Å². The number of piperazine rings is 1. The third kappa shape index (κ3) is 2.94. The van der Waals surface area contributed by atoms with Crippen LogP contribution in [-0.2, 0) is 14.8 Å². The number of hydrogen-bond donors (Lipinski definition) is 1. The van der Waals surface area contributed by atoms with E-state index < -0.39 is 16.1 Å². The second-order valence-electron chi connectivity index (χ2n) is 5.17. The Labute approximate surface area is 123 Å². The summed E-state index contributed by atoms with van der Waals surface area (Å²) in [6, 6.07) is -0.573. The molecule has 1 aromatic heterocycles. The van der Waals surface area contributed by atoms with Crippen LogP contribution in [0.3, 0.4) is 0 Å². The Morgan fingerprint density at radius 2 is 1.86 bits per heavy atom. The van der Waals surface area contributed by atoms with E-state index in [0.29, 0.717) is 18.8 Å². The molecule has 1 atom stereocenters. The minimum atomic E-state index is -3.64. The van der Waals surface area contributed by atoms with E-state index in [1.807, 2.05) is 0 Å². The van der Waals surface area contributed by atoms with E-state index in [-0.39, 0.29) is 29.7 Å². The predicted molar refractivity (Wildman–Crippen MR) is 75.0 cm³/mol. The summed E-state index contributed by atoms with van der Waals surface area (Å²) < 4.78 is 31.5. The first-order chi connectivity index (χ1) is 9.75. The monoisotopic (exact) mass is 316 g/mol. The second kappa shape index (κ2) is 5.74. The van der Waals surface area contributed by atoms with Crippen molar-refractivity contribution in [2.75, 3.05) is 26.2 Å². The molecule has 8 nitrogen and oxygen atoms in total. The van der Waals surface area contributed by atoms with Crippen molar-refractivity contribution in [3.05, 3.63) is 11.5 Å². The lowest BCUT2D eigenvalue weighted by atomic mass is 10.2. The average molecular weight is 316 g/mol. The van der Waals surface area contributed by atoms with Gasteiger partial charge in [-0.15, -0.1) is 0 Å². The summed E-state index contributed by atoms with van der Waals surface area (Å²) in [5.41, 5.74) is 5.91. The van der Waals surface area contributed by atoms with E-state index in [4.69, 9.17) is 10.3 Å². The maximum absolute atomic E-state index is 12.6. The Morgan fingerprint density at radius 1 is 1.29 bits per heavy atom. The zero-order valence-corrected chi connectivity index (χ0v) is 13.2. The van der Waals surface area contributed by atoms with Gasteiger partial charge in [-0.3, -0.25) is 4.79 Å². The lowest BCUT2D eigenvalue weighted by Gasteiger charge is -2.34. The number of rotatable bonds is 3. The molecule has 0 bridgehead atoms. The number of carbonyl (C=O) groups excluding carboxylic acids is 1. The molecule has 1 unspecified atom stereocenters. The zero-order valence-electron chi connectivity index (χ0n) is 12.4. The number of carbonyl (C=O) groups is 1. The van der Waals surface area contributed by atoms with E-state index in [1.54, 1.807) is 25.7 Å². The molecule has 9 heteroatoms. The van der Waals surface area contributed by atoms with Crippen LogP contribution in [0.5, 0.6) is 0 Å². The molecule has 2 rings (SSSR count). The van der Waals surface area contributed by atoms with Gasteiger partial charge in [0, 0.05) is 26.2 Å². The van der Waals surface area contributed by atoms with Gasteiger partial charge in [-0.25, -0.2) is 8.42 Å². The summed E-state index contributed by atoms with van der Waals surface area (Å²) in [6.45, 7) is 5.94. The van der Waals surface area contributed by atoms with Crippen molar-refractivity contribution in [2.24, 2.45) is 5.73 Å². The number of sulfonamides is 1. The molecule has 2 heterocycles. The van der Waals surface area contributed by atoms with Gasteiger partial charge in [0.2, 0.25) is 15.9 Å². The van der Waals surface area contributed by atoms with Crippen LogP contribution in [0, 0.1) is 13.8 Å². The average Bonchev–Trinajstić information content (AvgIpc) is 2.78. The summed E-state index contributed by atoms with van der Waals surface area (Å²) in [5.74, 6) is 0.117. The molecule has 1 amide bonds. The third-order valence-electron chi connectivity index (χ3n) is 3.51. The van der Waals surface area contributed by atoms with Crippen molar-refractivity contribution in [3.63, 3.8) is 0 Å². The highest BCUT2D eigenvalue weighted by Crippen LogP contribution is 2.24. The molecule has 0 spiro atoms. The first-order valence-electron chi connectivity index (χ1n) is 6.72. The van der Waals surface area contributed by atoms with Crippen LogP contribution in [0.4, 0.5) is 0 Å². The van der Waals surface area contributed by atoms with Gasteiger partial charge in [0.05, 0.1) is 6.04 Å². The van der Waals surface area contributed by atoms with E-state index >= 15 is 0 Å². The van der Waals surface area contributed by atoms with Crippen molar-refractivity contribution in [3.8, 4) is 0 Å². The molecule has 0 aromatic carbocycles. The van der Waals surface area contributed by atoms with Crippen molar-refractivity contribution < 1.29 is 17.7 Å². The number of amides is 1. The summed E-state index contributed by atoms with van der Waals surface area (Å²) in [7, 11) is -3.64. The largest absolute Gasteiger partial charge is 0.360 e. The van der Waals surface area contributed by atoms with Crippen LogP contribution in [0.2, 0.25) is 0 Å². The van der Waals surface area contributed by atoms with E-state index in [9.17, 15) is 13.2 Å². The Bertz CT molecular complexity index is 610. The molecule has 0 aliphatic carbocycles. The molecule has 0 saturated carbocycles. The first kappa shape index (κ1) is 15.9. The summed E-state index contributed by atoms with van der Waals surface area (Å²) in [6.07, 6.45) is 0. The molecule has 1 aliphatic rings. The Morgan fingerprint density at radius 3 is 2.29 bits per heavy atom. The normalized spacial score (nSPS) is 18.8. The molecule has 2 N–H and O–H groups in total. The van der Waals surface area contributed by atoms with Gasteiger partial charge in [0.25, 0.3) is 0 Å². The standard InChI is InChI=1S/C12H20N4O4S/c1-8(13)12(17)15-4-6-16(7-5-15)21(18,19)11-9(2)14-20-10(11)3/h8H,4-7,13H2,1-3H3. The first-order valence-corrected chi connectivity index (χ1v) is 8.16. The Hall–Kier alpha value is -1.45. The molecular formula is C12H20N4O4S. The lowest BCUT2D eigenvalue weighted by Crippen LogP contribution is -2.53. The molecule has 1 aliphatic heterocycles. The minimum absolute atomic E-state index is 0.120. The van der Waals surface area contributed by atoms with Gasteiger partial charge in [-0.2, -0.15) is 4.31 Å². The Kier molecular flexibility index (Phi) is 4.35. The van der Waals surface area contributed by atoms with Crippen LogP contribution in [0.25, 0.3) is 0 Å². The molecule has 0 radical (unpaired) electrons. The molecule has 21 heavy (non-hydrogen) atoms. The maximum Gasteiger partial charge on any atom is 0.248 e. The number of aromatic nitrogens is 1. The van der Waals surface area contributed by atoms with Crippen LogP contribution >= 0.6 is 0 Å². The molecule has 1 saturated heterocycles. The summed E-state index contributed by atoms with van der Waals surface area (Å²) >= 11 is 0. The summed E-state index contributed by atoms with van der Waals surface area (Å²) in [4.78, 5) is 13.5. The van der Waals surface area contributed by atoms with Crippen molar-refractivity contribution >= 4 is 15.9 Å². The SMILES string of the molecule is Cc1noc(C)c1S(=O)(=O)N1CCN(C(=O)C(C)N)CC1. The lowest BCUT2D eigenvalue weighted by molar-refractivity contribution is -0.133. The van der Waals surface area contributed by atoms with Gasteiger partial charge >= 0.3 is 0 Å². The fourth-order valence-electron chi connectivity index (χ4n) is 2.41. The number of nitrogens with zero attached hydrogens (tertiary/aromatic N) is 3. The van der Waals surface area contributed by atoms with Crippen LogP contribution in [-0.4, -0.2) is 60.9 Å². The number of aryl methyl sites for hydroxylation is 2. The molecule has 1 aromatic rings. The third-order valence-corrected chi connectivity index (χ3v) is 5.65. The Balaban J connectivity index is 2.14. The smallest absolute Gasteiger partial charge is 0.248 e. The number of hydrogen-bond acceptors (Lipinski definition) is 6. The number of nitrogens with two attached hydrogens (primary N) is 1. The van der Waals surface area contributed by atoms with Gasteiger partial charge in [0.1, 0.15) is 10.6 Å². The highest BCUT2D eigenvalue weighted by atomic mass is 32.2. The topological polar surface area (TPSA) is 110 Å². The highest BCUT2D eigenvalue weighted by Gasteiger charge is 2.34. The van der Waals surface area contributed by atoms with E-state index in [0.717, 1.165) is 0 Å². The fourth-order valence-corrected chi connectivity index (χ4v) is 4.12. The predicted octanol–water partition coefficient (Wildman–Crippen LogP) is -0.528. The van der Waals surface area contributed by atoms with Gasteiger partial charge in [-0.05, 0) is 20.8 Å². The zero-order chi connectivity index (χ0) is 15.8. The summed E-state index contributed by atoms with van der Waals surface area (Å²) in [5, 5.41) is 3.68. The van der Waals surface area contributed by atoms with Gasteiger partial charge in [-0.1, -0.05) is 5.16 Å². The molecule has 1 fully saturated rings.